The van der Waals surface area contributed by atoms with Gasteiger partial charge < -0.3 is 5.11 Å². The average Bonchev–Trinajstić information content (AvgIpc) is 2.99. The molecule has 4 heteroatoms. The zero-order chi connectivity index (χ0) is 13.9. The van der Waals surface area contributed by atoms with Gasteiger partial charge in [-0.3, -0.25) is 9.80 Å². The van der Waals surface area contributed by atoms with Crippen molar-refractivity contribution in [1.82, 2.24) is 9.80 Å². The average molecular weight is 339 g/mol. The Labute approximate surface area is 129 Å². The van der Waals surface area contributed by atoms with Crippen LogP contribution in [0.2, 0.25) is 0 Å². The number of phenols is 1. The van der Waals surface area contributed by atoms with Crippen LogP contribution in [-0.2, 0) is 6.54 Å². The molecule has 0 spiro atoms. The Hall–Kier alpha value is -0.580. The lowest BCUT2D eigenvalue weighted by molar-refractivity contribution is 0.0932. The van der Waals surface area contributed by atoms with Crippen LogP contribution < -0.4 is 0 Å². The molecule has 3 nitrogen and oxygen atoms in total. The van der Waals surface area contributed by atoms with Crippen LogP contribution >= 0.6 is 15.9 Å². The van der Waals surface area contributed by atoms with Gasteiger partial charge >= 0.3 is 0 Å². The zero-order valence-corrected chi connectivity index (χ0v) is 13.5. The maximum absolute atomic E-state index is 10.1. The second-order valence-electron chi connectivity index (χ2n) is 6.00. The molecule has 2 fully saturated rings. The highest BCUT2D eigenvalue weighted by Crippen LogP contribution is 2.29. The topological polar surface area (TPSA) is 26.7 Å². The molecular weight excluding hydrogens is 316 g/mol. The number of para-hydroxylation sites is 1. The third-order valence-corrected chi connectivity index (χ3v) is 5.35. The number of phenolic OH excluding ortho intramolecular Hbond substituents is 1. The normalized spacial score (nSPS) is 22.4. The second kappa shape index (κ2) is 6.46. The Morgan fingerprint density at radius 3 is 2.50 bits per heavy atom. The molecule has 1 heterocycles. The monoisotopic (exact) mass is 338 g/mol. The molecule has 1 aliphatic heterocycles. The number of benzene rings is 1. The third kappa shape index (κ3) is 3.18. The molecule has 1 aromatic carbocycles. The first kappa shape index (κ1) is 14.4. The number of aromatic hydroxyl groups is 1. The molecule has 0 unspecified atom stereocenters. The number of nitrogens with zero attached hydrogens (tertiary/aromatic N) is 2. The number of halogens is 1. The van der Waals surface area contributed by atoms with Gasteiger partial charge in [-0.05, 0) is 34.8 Å². The van der Waals surface area contributed by atoms with E-state index in [0.29, 0.717) is 5.75 Å². The maximum atomic E-state index is 10.1. The molecule has 1 aliphatic carbocycles. The van der Waals surface area contributed by atoms with Crippen molar-refractivity contribution >= 4 is 15.9 Å². The smallest absolute Gasteiger partial charge is 0.134 e. The number of piperazine rings is 1. The van der Waals surface area contributed by atoms with Crippen molar-refractivity contribution in [2.24, 2.45) is 0 Å². The van der Waals surface area contributed by atoms with Crippen molar-refractivity contribution in [3.8, 4) is 5.75 Å². The third-order valence-electron chi connectivity index (χ3n) is 4.71. The predicted octanol–water partition coefficient (Wildman–Crippen LogP) is 3.21. The Morgan fingerprint density at radius 1 is 1.10 bits per heavy atom. The van der Waals surface area contributed by atoms with Crippen LogP contribution in [0.5, 0.6) is 5.75 Å². The Kier molecular flexibility index (Phi) is 4.64. The minimum absolute atomic E-state index is 0.394. The van der Waals surface area contributed by atoms with Crippen molar-refractivity contribution in [1.29, 1.82) is 0 Å². The molecule has 2 aliphatic rings. The summed E-state index contributed by atoms with van der Waals surface area (Å²) >= 11 is 3.39. The highest BCUT2D eigenvalue weighted by atomic mass is 79.9. The summed E-state index contributed by atoms with van der Waals surface area (Å²) in [7, 11) is 0. The lowest BCUT2D eigenvalue weighted by Gasteiger charge is -2.38. The van der Waals surface area contributed by atoms with Crippen LogP contribution in [0.3, 0.4) is 0 Å². The lowest BCUT2D eigenvalue weighted by Crippen LogP contribution is -2.49. The van der Waals surface area contributed by atoms with E-state index in [0.717, 1.165) is 35.7 Å². The zero-order valence-electron chi connectivity index (χ0n) is 11.9. The fraction of sp³-hybridized carbons (Fsp3) is 0.625. The van der Waals surface area contributed by atoms with Gasteiger partial charge in [-0.15, -0.1) is 0 Å². The van der Waals surface area contributed by atoms with Gasteiger partial charge in [0, 0.05) is 44.3 Å². The fourth-order valence-corrected chi connectivity index (χ4v) is 3.89. The molecule has 0 radical (unpaired) electrons. The largest absolute Gasteiger partial charge is 0.506 e. The fourth-order valence-electron chi connectivity index (χ4n) is 3.48. The van der Waals surface area contributed by atoms with E-state index in [1.54, 1.807) is 0 Å². The maximum Gasteiger partial charge on any atom is 0.134 e. The lowest BCUT2D eigenvalue weighted by atomic mass is 10.1. The molecule has 1 saturated carbocycles. The Bertz CT molecular complexity index is 452. The van der Waals surface area contributed by atoms with Gasteiger partial charge in [0.25, 0.3) is 0 Å². The first-order valence-corrected chi connectivity index (χ1v) is 8.46. The summed E-state index contributed by atoms with van der Waals surface area (Å²) < 4.78 is 0.791. The summed E-state index contributed by atoms with van der Waals surface area (Å²) in [5, 5.41) is 10.1. The first-order chi connectivity index (χ1) is 9.74. The predicted molar refractivity (Wildman–Crippen MR) is 84.9 cm³/mol. The highest BCUT2D eigenvalue weighted by Gasteiger charge is 2.26. The van der Waals surface area contributed by atoms with Crippen molar-refractivity contribution < 1.29 is 5.11 Å². The van der Waals surface area contributed by atoms with Crippen LogP contribution in [-0.4, -0.2) is 47.1 Å². The molecule has 3 rings (SSSR count). The molecule has 0 aromatic heterocycles. The van der Waals surface area contributed by atoms with E-state index in [9.17, 15) is 5.11 Å². The van der Waals surface area contributed by atoms with Gasteiger partial charge in [-0.25, -0.2) is 0 Å². The minimum Gasteiger partial charge on any atom is -0.506 e. The van der Waals surface area contributed by atoms with Gasteiger partial charge in [0.2, 0.25) is 0 Å². The van der Waals surface area contributed by atoms with Crippen molar-refractivity contribution in [2.75, 3.05) is 26.2 Å². The summed E-state index contributed by atoms with van der Waals surface area (Å²) in [4.78, 5) is 5.12. The standard InChI is InChI=1S/C16H23BrN2O/c17-15-7-3-4-13(16(15)20)12-18-8-10-19(11-9-18)14-5-1-2-6-14/h3-4,7,14,20H,1-2,5-6,8-12H2. The van der Waals surface area contributed by atoms with Gasteiger partial charge in [0.05, 0.1) is 4.47 Å². The van der Waals surface area contributed by atoms with Gasteiger partial charge in [-0.1, -0.05) is 25.0 Å². The van der Waals surface area contributed by atoms with E-state index in [1.807, 2.05) is 18.2 Å². The number of hydrogen-bond acceptors (Lipinski definition) is 3. The van der Waals surface area contributed by atoms with E-state index < -0.39 is 0 Å². The van der Waals surface area contributed by atoms with E-state index in [2.05, 4.69) is 25.7 Å². The van der Waals surface area contributed by atoms with Crippen LogP contribution in [0.15, 0.2) is 22.7 Å². The van der Waals surface area contributed by atoms with Crippen molar-refractivity contribution in [3.05, 3.63) is 28.2 Å². The van der Waals surface area contributed by atoms with Gasteiger partial charge in [0.1, 0.15) is 5.75 Å². The Morgan fingerprint density at radius 2 is 1.80 bits per heavy atom. The summed E-state index contributed by atoms with van der Waals surface area (Å²) in [6, 6.07) is 6.74. The minimum atomic E-state index is 0.394. The molecule has 0 amide bonds. The SMILES string of the molecule is Oc1c(Br)cccc1CN1CCN(C2CCCC2)CC1. The first-order valence-electron chi connectivity index (χ1n) is 7.67. The molecule has 0 atom stereocenters. The van der Waals surface area contributed by atoms with E-state index in [-0.39, 0.29) is 0 Å². The van der Waals surface area contributed by atoms with Gasteiger partial charge in [-0.2, -0.15) is 0 Å². The quantitative estimate of drug-likeness (QED) is 0.916. The summed E-state index contributed by atoms with van der Waals surface area (Å²) in [5.41, 5.74) is 1.02. The summed E-state index contributed by atoms with van der Waals surface area (Å²) in [6.07, 6.45) is 5.62. The molecule has 1 saturated heterocycles. The summed E-state index contributed by atoms with van der Waals surface area (Å²) in [5.74, 6) is 0.394. The molecule has 0 bridgehead atoms. The molecule has 20 heavy (non-hydrogen) atoms. The van der Waals surface area contributed by atoms with E-state index in [4.69, 9.17) is 0 Å². The molecule has 1 aromatic rings. The highest BCUT2D eigenvalue weighted by molar-refractivity contribution is 9.10. The van der Waals surface area contributed by atoms with Crippen LogP contribution in [0.25, 0.3) is 0 Å². The second-order valence-corrected chi connectivity index (χ2v) is 6.85. The van der Waals surface area contributed by atoms with Crippen LogP contribution in [0, 0.1) is 0 Å². The van der Waals surface area contributed by atoms with Crippen LogP contribution in [0.1, 0.15) is 31.2 Å². The summed E-state index contributed by atoms with van der Waals surface area (Å²) in [6.45, 7) is 5.44. The Balaban J connectivity index is 1.54. The van der Waals surface area contributed by atoms with Crippen molar-refractivity contribution in [2.45, 2.75) is 38.3 Å². The number of hydrogen-bond donors (Lipinski definition) is 1. The van der Waals surface area contributed by atoms with Gasteiger partial charge in [0.15, 0.2) is 0 Å². The van der Waals surface area contributed by atoms with E-state index >= 15 is 0 Å². The van der Waals surface area contributed by atoms with E-state index in [1.165, 1.54) is 38.8 Å². The molecular formula is C16H23BrN2O. The van der Waals surface area contributed by atoms with Crippen molar-refractivity contribution in [3.63, 3.8) is 0 Å². The molecule has 1 N–H and O–H groups in total. The van der Waals surface area contributed by atoms with Crippen LogP contribution in [0.4, 0.5) is 0 Å². The molecule has 110 valence electrons. The number of rotatable bonds is 3.